The fourth-order valence-corrected chi connectivity index (χ4v) is 11.2. The molecular weight excluding hydrogens is 903 g/mol. The van der Waals surface area contributed by atoms with Gasteiger partial charge >= 0.3 is 0 Å². The van der Waals surface area contributed by atoms with E-state index in [9.17, 15) is 0 Å². The van der Waals surface area contributed by atoms with Gasteiger partial charge in [0.1, 0.15) is 0 Å². The Bertz CT molecular complexity index is 4550. The Morgan fingerprint density at radius 3 is 1.23 bits per heavy atom. The molecule has 0 fully saturated rings. The number of nitrogens with zero attached hydrogens (tertiary/aromatic N) is 7. The van der Waals surface area contributed by atoms with Crippen molar-refractivity contribution in [2.24, 2.45) is 0 Å². The molecule has 346 valence electrons. The average molecular weight is 946 g/mol. The zero-order valence-electron chi connectivity index (χ0n) is 40.0. The van der Waals surface area contributed by atoms with E-state index in [0.717, 1.165) is 67.1 Å². The molecule has 74 heavy (non-hydrogen) atoms. The highest BCUT2D eigenvalue weighted by atomic mass is 15.0. The summed E-state index contributed by atoms with van der Waals surface area (Å²) < 4.78 is 9.48. The third-order valence-electron chi connectivity index (χ3n) is 14.7. The number of aromatic nitrogens is 7. The van der Waals surface area contributed by atoms with Crippen molar-refractivity contribution in [3.8, 4) is 68.0 Å². The third-order valence-corrected chi connectivity index (χ3v) is 14.7. The van der Waals surface area contributed by atoms with E-state index in [-0.39, 0.29) is 0 Å². The van der Waals surface area contributed by atoms with Gasteiger partial charge in [-0.1, -0.05) is 146 Å². The third kappa shape index (κ3) is 6.64. The van der Waals surface area contributed by atoms with Crippen molar-refractivity contribution >= 4 is 65.4 Å². The van der Waals surface area contributed by atoms with Gasteiger partial charge in [0, 0.05) is 84.2 Å². The van der Waals surface area contributed by atoms with Gasteiger partial charge in [-0.2, -0.15) is 0 Å². The molecule has 0 saturated heterocycles. The first-order valence-electron chi connectivity index (χ1n) is 25.0. The summed E-state index contributed by atoms with van der Waals surface area (Å²) in [7, 11) is 0. The lowest BCUT2D eigenvalue weighted by Gasteiger charge is -2.12. The smallest absolute Gasteiger partial charge is 0.164 e. The van der Waals surface area contributed by atoms with Gasteiger partial charge in [-0.05, 0) is 114 Å². The molecule has 7 nitrogen and oxygen atoms in total. The van der Waals surface area contributed by atoms with Crippen LogP contribution < -0.4 is 0 Å². The fraction of sp³-hybridized carbons (Fsp3) is 0. The van der Waals surface area contributed by atoms with Crippen LogP contribution in [-0.4, -0.2) is 33.2 Å². The van der Waals surface area contributed by atoms with Gasteiger partial charge in [-0.3, -0.25) is 0 Å². The van der Waals surface area contributed by atoms with Crippen molar-refractivity contribution in [2.45, 2.75) is 0 Å². The summed E-state index contributed by atoms with van der Waals surface area (Å²) in [5, 5.41) is 7.17. The molecule has 0 unspecified atom stereocenters. The normalized spacial score (nSPS) is 11.8. The second kappa shape index (κ2) is 16.8. The van der Waals surface area contributed by atoms with E-state index in [4.69, 9.17) is 15.0 Å². The van der Waals surface area contributed by atoms with Gasteiger partial charge < -0.3 is 18.3 Å². The van der Waals surface area contributed by atoms with Crippen molar-refractivity contribution in [2.75, 3.05) is 0 Å². The highest BCUT2D eigenvalue weighted by Gasteiger charge is 2.22. The van der Waals surface area contributed by atoms with E-state index >= 15 is 0 Å². The summed E-state index contributed by atoms with van der Waals surface area (Å²) in [5.41, 5.74) is 16.5. The maximum atomic E-state index is 5.05. The molecule has 7 heteroatoms. The molecule has 0 bridgehead atoms. The van der Waals surface area contributed by atoms with Gasteiger partial charge in [-0.15, -0.1) is 0 Å². The minimum atomic E-state index is 0.622. The van der Waals surface area contributed by atoms with Crippen LogP contribution >= 0.6 is 0 Å². The lowest BCUT2D eigenvalue weighted by molar-refractivity contribution is 1.07. The first-order valence-corrected chi connectivity index (χ1v) is 25.0. The molecule has 5 aromatic heterocycles. The predicted octanol–water partition coefficient (Wildman–Crippen LogP) is 16.6. The molecule has 10 aromatic carbocycles. The summed E-state index contributed by atoms with van der Waals surface area (Å²) in [6.45, 7) is 0. The van der Waals surface area contributed by atoms with E-state index in [1.54, 1.807) is 0 Å². The Balaban J connectivity index is 0.912. The number of para-hydroxylation sites is 3. The highest BCUT2D eigenvalue weighted by Crippen LogP contribution is 2.43. The van der Waals surface area contributed by atoms with Crippen molar-refractivity contribution in [3.05, 3.63) is 261 Å². The van der Waals surface area contributed by atoms with Crippen LogP contribution in [0.1, 0.15) is 0 Å². The van der Waals surface area contributed by atoms with Crippen LogP contribution in [0.4, 0.5) is 0 Å². The van der Waals surface area contributed by atoms with Gasteiger partial charge in [0.25, 0.3) is 0 Å². The zero-order chi connectivity index (χ0) is 48.7. The molecule has 0 amide bonds. The minimum absolute atomic E-state index is 0.622. The van der Waals surface area contributed by atoms with Gasteiger partial charge in [-0.25, -0.2) is 15.0 Å². The fourth-order valence-electron chi connectivity index (χ4n) is 11.2. The molecule has 0 aliphatic carbocycles. The molecule has 0 saturated carbocycles. The molecule has 0 radical (unpaired) electrons. The van der Waals surface area contributed by atoms with E-state index in [1.807, 2.05) is 60.7 Å². The molecular formula is C67H43N7. The van der Waals surface area contributed by atoms with E-state index in [2.05, 4.69) is 219 Å². The first kappa shape index (κ1) is 41.7. The number of fused-ring (bicyclic) bond motifs is 10. The van der Waals surface area contributed by atoms with Crippen molar-refractivity contribution in [1.29, 1.82) is 0 Å². The lowest BCUT2D eigenvalue weighted by atomic mass is 10.00. The standard InChI is InChI=1S/C67H43N7/c1-6-16-45(17-7-1)65-68-66(46-18-8-2-9-19-46)70-67(69-65)47-26-31-53(32-27-47)73-60-35-29-48(42-57(60)54-34-37-59-56(63(54)73)39-41-71(59)50-20-10-3-11-21-50)49-30-36-61-58(43-49)55-33-28-44-38-40-72(51-22-12-4-13-23-51)62(44)64(55)74(61)52-24-14-5-15-25-52/h1-43H. The number of rotatable bonds is 8. The van der Waals surface area contributed by atoms with Crippen LogP contribution in [0, 0.1) is 0 Å². The molecule has 0 atom stereocenters. The second-order valence-corrected chi connectivity index (χ2v) is 18.9. The Hall–Kier alpha value is -10.1. The van der Waals surface area contributed by atoms with Crippen molar-refractivity contribution in [3.63, 3.8) is 0 Å². The number of benzene rings is 10. The topological polar surface area (TPSA) is 58.4 Å². The SMILES string of the molecule is c1ccc(-c2nc(-c3ccccc3)nc(-c3ccc(-n4c5ccc(-c6ccc7c(c6)c6ccc8ccn(-c9ccccc9)c8c6n7-c6ccccc6)cc5c5ccc6c(ccn6-c6ccccc6)c54)cc3)n2)cc1. The minimum Gasteiger partial charge on any atom is -0.316 e. The summed E-state index contributed by atoms with van der Waals surface area (Å²) in [5.74, 6) is 1.90. The second-order valence-electron chi connectivity index (χ2n) is 18.9. The number of hydrogen-bond acceptors (Lipinski definition) is 3. The Morgan fingerprint density at radius 2 is 0.662 bits per heavy atom. The van der Waals surface area contributed by atoms with Crippen LogP contribution in [0.15, 0.2) is 261 Å². The van der Waals surface area contributed by atoms with Gasteiger partial charge in [0.15, 0.2) is 17.5 Å². The largest absolute Gasteiger partial charge is 0.316 e. The number of hydrogen-bond donors (Lipinski definition) is 0. The predicted molar refractivity (Wildman–Crippen MR) is 304 cm³/mol. The lowest BCUT2D eigenvalue weighted by Crippen LogP contribution is -2.00. The Morgan fingerprint density at radius 1 is 0.243 bits per heavy atom. The van der Waals surface area contributed by atoms with E-state index in [1.165, 1.54) is 48.9 Å². The van der Waals surface area contributed by atoms with E-state index in [0.29, 0.717) is 17.5 Å². The molecule has 0 aliphatic heterocycles. The van der Waals surface area contributed by atoms with Crippen molar-refractivity contribution < 1.29 is 0 Å². The summed E-state index contributed by atoms with van der Waals surface area (Å²) in [4.78, 5) is 15.0. The monoisotopic (exact) mass is 945 g/mol. The molecule has 0 N–H and O–H groups in total. The summed E-state index contributed by atoms with van der Waals surface area (Å²) in [6.07, 6.45) is 4.39. The Kier molecular flexibility index (Phi) is 9.43. The van der Waals surface area contributed by atoms with Gasteiger partial charge in [0.05, 0.1) is 33.1 Å². The molecule has 0 spiro atoms. The van der Waals surface area contributed by atoms with Gasteiger partial charge in [0.2, 0.25) is 0 Å². The summed E-state index contributed by atoms with van der Waals surface area (Å²) >= 11 is 0. The highest BCUT2D eigenvalue weighted by molar-refractivity contribution is 6.21. The van der Waals surface area contributed by atoms with E-state index < -0.39 is 0 Å². The maximum absolute atomic E-state index is 5.05. The van der Waals surface area contributed by atoms with Crippen LogP contribution in [-0.2, 0) is 0 Å². The molecule has 0 aliphatic rings. The maximum Gasteiger partial charge on any atom is 0.164 e. The van der Waals surface area contributed by atoms with Crippen LogP contribution in [0.25, 0.3) is 133 Å². The van der Waals surface area contributed by atoms with Crippen LogP contribution in [0.5, 0.6) is 0 Å². The molecule has 15 rings (SSSR count). The zero-order valence-corrected chi connectivity index (χ0v) is 40.0. The van der Waals surface area contributed by atoms with Crippen LogP contribution in [0.3, 0.4) is 0 Å². The average Bonchev–Trinajstić information content (AvgIpc) is 4.33. The summed E-state index contributed by atoms with van der Waals surface area (Å²) in [6, 6.07) is 88.5. The molecule has 5 heterocycles. The Labute approximate surface area is 425 Å². The van der Waals surface area contributed by atoms with Crippen LogP contribution in [0.2, 0.25) is 0 Å². The quantitative estimate of drug-likeness (QED) is 0.152. The van der Waals surface area contributed by atoms with Crippen molar-refractivity contribution in [1.82, 2.24) is 33.2 Å². The first-order chi connectivity index (χ1) is 36.7. The molecule has 15 aromatic rings.